The molecule has 396 valence electrons. The van der Waals surface area contributed by atoms with E-state index < -0.39 is 128 Å². The van der Waals surface area contributed by atoms with Crippen molar-refractivity contribution < 1.29 is 97.2 Å². The Balaban J connectivity index is 1.04. The number of carbonyl (C=O) groups is 4. The Morgan fingerprint density at radius 2 is 1.43 bits per heavy atom. The molecule has 5 aliphatic carbocycles. The van der Waals surface area contributed by atoms with Crippen molar-refractivity contribution in [1.29, 1.82) is 0 Å². The van der Waals surface area contributed by atoms with E-state index in [9.17, 15) is 49.8 Å². The molecule has 20 atom stereocenters. The average molecular weight is 997 g/mol. The molecule has 8 aliphatic rings. The number of methoxy groups -OCH3 is 3. The monoisotopic (exact) mass is 996 g/mol. The SMILES string of the molecule is COC(=O)COC1OC2C(O)C(OC3CCC4(C)C(CCC5(C)C4CC=C4C6CC(C)(C)CCC6(C(=O)OC6OC(CO)C(O)C(O)C6O)CCC45C)C3(C)C)OC(C(=O)OC)C2OC1(O)C(=O)OC. The summed E-state index contributed by atoms with van der Waals surface area (Å²) in [4.78, 5) is 53.0. The number of carbonyl (C=O) groups excluding carboxylic acids is 4. The van der Waals surface area contributed by atoms with Gasteiger partial charge in [0.05, 0.1) is 39.5 Å². The van der Waals surface area contributed by atoms with Gasteiger partial charge in [0.2, 0.25) is 12.6 Å². The van der Waals surface area contributed by atoms with Gasteiger partial charge >= 0.3 is 29.7 Å². The van der Waals surface area contributed by atoms with Crippen LogP contribution in [0.5, 0.6) is 0 Å². The number of aliphatic hydroxyl groups is 6. The molecule has 20 unspecified atom stereocenters. The fraction of sp³-hybridized carbons (Fsp3) is 0.880. The van der Waals surface area contributed by atoms with Crippen molar-refractivity contribution in [1.82, 2.24) is 0 Å². The van der Waals surface area contributed by atoms with Gasteiger partial charge in [0.25, 0.3) is 0 Å². The minimum Gasteiger partial charge on any atom is -0.467 e. The molecule has 4 saturated carbocycles. The van der Waals surface area contributed by atoms with E-state index in [0.717, 1.165) is 66.3 Å². The first-order valence-electron chi connectivity index (χ1n) is 24.8. The van der Waals surface area contributed by atoms with Gasteiger partial charge < -0.3 is 78.0 Å². The third kappa shape index (κ3) is 8.26. The minimum atomic E-state index is -3.00. The zero-order valence-corrected chi connectivity index (χ0v) is 42.1. The van der Waals surface area contributed by atoms with Gasteiger partial charge in [-0.25, -0.2) is 14.4 Å². The number of fused-ring (bicyclic) bond motifs is 8. The average Bonchev–Trinajstić information content (AvgIpc) is 3.31. The van der Waals surface area contributed by atoms with Crippen molar-refractivity contribution in [2.75, 3.05) is 34.5 Å². The molecule has 0 aromatic carbocycles. The maximum absolute atomic E-state index is 14.7. The summed E-state index contributed by atoms with van der Waals surface area (Å²) in [7, 11) is 3.21. The summed E-state index contributed by atoms with van der Waals surface area (Å²) in [6.07, 6.45) is -8.48. The summed E-state index contributed by atoms with van der Waals surface area (Å²) in [6.45, 7) is 14.6. The summed E-state index contributed by atoms with van der Waals surface area (Å²) >= 11 is 0. The molecule has 0 spiro atoms. The predicted octanol–water partition coefficient (Wildman–Crippen LogP) is 1.94. The van der Waals surface area contributed by atoms with Gasteiger partial charge in [-0.05, 0) is 109 Å². The molecule has 70 heavy (non-hydrogen) atoms. The van der Waals surface area contributed by atoms with Crippen molar-refractivity contribution in [3.8, 4) is 0 Å². The largest absolute Gasteiger partial charge is 0.467 e. The van der Waals surface area contributed by atoms with Crippen LogP contribution in [0.2, 0.25) is 0 Å². The van der Waals surface area contributed by atoms with E-state index in [2.05, 4.69) is 59.3 Å². The van der Waals surface area contributed by atoms with E-state index in [1.807, 2.05) is 0 Å². The number of allylic oxidation sites excluding steroid dienone is 2. The van der Waals surface area contributed by atoms with Crippen LogP contribution >= 0.6 is 0 Å². The Labute approximate surface area is 408 Å². The van der Waals surface area contributed by atoms with Crippen molar-refractivity contribution in [3.63, 3.8) is 0 Å². The highest BCUT2D eigenvalue weighted by Gasteiger charge is 2.71. The Morgan fingerprint density at radius 1 is 0.729 bits per heavy atom. The predicted molar refractivity (Wildman–Crippen MR) is 239 cm³/mol. The highest BCUT2D eigenvalue weighted by atomic mass is 16.8. The number of hydrogen-bond donors (Lipinski definition) is 6. The molecule has 0 bridgehead atoms. The molecule has 3 aliphatic heterocycles. The number of esters is 4. The topological polar surface area (TPSA) is 282 Å². The van der Waals surface area contributed by atoms with Crippen LogP contribution in [0.1, 0.15) is 113 Å². The van der Waals surface area contributed by atoms with E-state index >= 15 is 0 Å². The van der Waals surface area contributed by atoms with E-state index in [1.165, 1.54) is 5.57 Å². The highest BCUT2D eigenvalue weighted by Crippen LogP contribution is 2.76. The summed E-state index contributed by atoms with van der Waals surface area (Å²) in [6, 6.07) is 0. The van der Waals surface area contributed by atoms with Crippen LogP contribution in [0.15, 0.2) is 11.6 Å². The van der Waals surface area contributed by atoms with Crippen LogP contribution in [-0.2, 0) is 66.5 Å². The molecule has 20 nitrogen and oxygen atoms in total. The van der Waals surface area contributed by atoms with Crippen molar-refractivity contribution in [2.24, 2.45) is 50.2 Å². The number of aliphatic hydroxyl groups excluding tert-OH is 5. The molecule has 8 rings (SSSR count). The third-order valence-corrected chi connectivity index (χ3v) is 19.3. The lowest BCUT2D eigenvalue weighted by molar-refractivity contribution is -0.435. The van der Waals surface area contributed by atoms with Gasteiger partial charge in [-0.2, -0.15) is 0 Å². The first kappa shape index (κ1) is 53.4. The molecule has 0 amide bonds. The van der Waals surface area contributed by atoms with Gasteiger partial charge in [0.1, 0.15) is 49.3 Å². The molecule has 0 aromatic rings. The Kier molecular flexibility index (Phi) is 14.4. The van der Waals surface area contributed by atoms with Crippen LogP contribution in [0, 0.1) is 50.2 Å². The van der Waals surface area contributed by atoms with Gasteiger partial charge in [0.15, 0.2) is 12.4 Å². The molecule has 0 radical (unpaired) electrons. The van der Waals surface area contributed by atoms with Crippen molar-refractivity contribution in [3.05, 3.63) is 11.6 Å². The smallest absolute Gasteiger partial charge is 0.372 e. The Hall–Kier alpha value is -2.86. The van der Waals surface area contributed by atoms with Crippen LogP contribution in [0.3, 0.4) is 0 Å². The van der Waals surface area contributed by atoms with E-state index in [4.69, 9.17) is 42.6 Å². The molecule has 3 saturated heterocycles. The van der Waals surface area contributed by atoms with Gasteiger partial charge in [-0.3, -0.25) is 4.79 Å². The maximum Gasteiger partial charge on any atom is 0.372 e. The van der Waals surface area contributed by atoms with E-state index in [0.29, 0.717) is 19.3 Å². The molecular weight excluding hydrogens is 921 g/mol. The lowest BCUT2D eigenvalue weighted by Gasteiger charge is -2.71. The fourth-order valence-corrected chi connectivity index (χ4v) is 15.1. The second-order valence-electron chi connectivity index (χ2n) is 23.5. The minimum absolute atomic E-state index is 0.0729. The number of ether oxygens (including phenoxy) is 10. The van der Waals surface area contributed by atoms with Crippen LogP contribution in [0.4, 0.5) is 0 Å². The third-order valence-electron chi connectivity index (χ3n) is 19.3. The number of rotatable bonds is 10. The highest BCUT2D eigenvalue weighted by molar-refractivity contribution is 5.80. The fourth-order valence-electron chi connectivity index (χ4n) is 15.1. The summed E-state index contributed by atoms with van der Waals surface area (Å²) < 4.78 is 56.2. The van der Waals surface area contributed by atoms with Crippen LogP contribution in [0.25, 0.3) is 0 Å². The maximum atomic E-state index is 14.7. The molecule has 7 fully saturated rings. The first-order chi connectivity index (χ1) is 32.7. The molecule has 3 heterocycles. The number of hydrogen-bond acceptors (Lipinski definition) is 20. The van der Waals surface area contributed by atoms with Crippen molar-refractivity contribution >= 4 is 23.9 Å². The Bertz CT molecular complexity index is 2040. The first-order valence-corrected chi connectivity index (χ1v) is 24.8. The summed E-state index contributed by atoms with van der Waals surface area (Å²) in [5, 5.41) is 65.0. The molecule has 20 heteroatoms. The lowest BCUT2D eigenvalue weighted by Crippen LogP contribution is -2.72. The lowest BCUT2D eigenvalue weighted by atomic mass is 9.33. The second-order valence-corrected chi connectivity index (χ2v) is 23.5. The summed E-state index contributed by atoms with van der Waals surface area (Å²) in [5.41, 5.74) is -0.864. The van der Waals surface area contributed by atoms with Crippen molar-refractivity contribution in [2.45, 2.75) is 192 Å². The second kappa shape index (κ2) is 18.8. The molecular formula is C50H76O20. The summed E-state index contributed by atoms with van der Waals surface area (Å²) in [5.74, 6) is -6.47. The van der Waals surface area contributed by atoms with Gasteiger partial charge in [-0.1, -0.05) is 60.1 Å². The Morgan fingerprint density at radius 3 is 2.09 bits per heavy atom. The molecule has 6 N–H and O–H groups in total. The van der Waals surface area contributed by atoms with Gasteiger partial charge in [-0.15, -0.1) is 0 Å². The van der Waals surface area contributed by atoms with E-state index in [1.54, 1.807) is 0 Å². The zero-order chi connectivity index (χ0) is 51.3. The standard InChI is InChI=1S/C50H76O20/c1-44(2)17-19-49(41(58)69-39-33(55)32(54)31(53)26(22-51)65-39)20-18-47(6)24(25(49)21-44)11-12-28-46(5)15-14-29(45(3,4)27(46)13-16-48(28,47)7)66-40-34(56)35-36(37(67-40)38(57)62-9)70-50(60,42(59)63-10)43(68-35)64-23-30(52)61-8/h11,25-29,31-37,39-40,43,51,53-56,60H,12-23H2,1-10H3. The van der Waals surface area contributed by atoms with Gasteiger partial charge in [0, 0.05) is 0 Å². The molecule has 0 aromatic heterocycles. The zero-order valence-electron chi connectivity index (χ0n) is 42.1. The normalized spacial score (nSPS) is 48.1. The quantitative estimate of drug-likeness (QED) is 0.0789. The van der Waals surface area contributed by atoms with Crippen LogP contribution < -0.4 is 0 Å². The van der Waals surface area contributed by atoms with E-state index in [-0.39, 0.29) is 39.4 Å². The van der Waals surface area contributed by atoms with Crippen LogP contribution in [-0.4, -0.2) is 169 Å².